The van der Waals surface area contributed by atoms with Crippen LogP contribution in [-0.2, 0) is 19.7 Å². The minimum atomic E-state index is -1.34. The second-order valence-corrected chi connectivity index (χ2v) is 7.83. The third-order valence-electron chi connectivity index (χ3n) is 5.58. The lowest BCUT2D eigenvalue weighted by Crippen LogP contribution is -2.20. The van der Waals surface area contributed by atoms with E-state index in [-0.39, 0.29) is 11.5 Å². The summed E-state index contributed by atoms with van der Waals surface area (Å²) in [5.41, 5.74) is 1.31. The van der Waals surface area contributed by atoms with E-state index < -0.39 is 17.5 Å². The van der Waals surface area contributed by atoms with Crippen molar-refractivity contribution in [1.29, 1.82) is 0 Å². The first-order valence-electron chi connectivity index (χ1n) is 10.4. The second-order valence-electron chi connectivity index (χ2n) is 7.83. The Balaban J connectivity index is 1.82. The Labute approximate surface area is 182 Å². The van der Waals surface area contributed by atoms with E-state index in [0.717, 1.165) is 12.8 Å². The molecule has 6 heteroatoms. The van der Waals surface area contributed by atoms with Crippen molar-refractivity contribution in [2.24, 2.45) is 0 Å². The molecule has 0 radical (unpaired) electrons. The predicted octanol–water partition coefficient (Wildman–Crippen LogP) is 4.62. The summed E-state index contributed by atoms with van der Waals surface area (Å²) in [6, 6.07) is 15.3. The van der Waals surface area contributed by atoms with Crippen molar-refractivity contribution >= 4 is 18.0 Å². The maximum absolute atomic E-state index is 12.3. The van der Waals surface area contributed by atoms with E-state index in [0.29, 0.717) is 30.1 Å². The molecular weight excluding hydrogens is 396 g/mol. The quantitative estimate of drug-likeness (QED) is 0.259. The number of carboxylic acid groups (broad SMARTS) is 1. The molecule has 2 aromatic carbocycles. The zero-order chi connectivity index (χ0) is 22.4. The van der Waals surface area contributed by atoms with Gasteiger partial charge in [-0.3, -0.25) is 0 Å². The Bertz CT molecular complexity index is 959. The van der Waals surface area contributed by atoms with Crippen LogP contribution in [0, 0.1) is 0 Å². The number of carbonyl (C=O) groups excluding carboxylic acids is 1. The molecule has 31 heavy (non-hydrogen) atoms. The van der Waals surface area contributed by atoms with Gasteiger partial charge in [-0.2, -0.15) is 0 Å². The van der Waals surface area contributed by atoms with Crippen molar-refractivity contribution in [3.05, 3.63) is 65.2 Å². The van der Waals surface area contributed by atoms with Crippen LogP contribution in [0.1, 0.15) is 44.2 Å². The number of hydrogen-bond acceptors (Lipinski definition) is 5. The molecular formula is C25H28O6. The van der Waals surface area contributed by atoms with Crippen LogP contribution in [0.4, 0.5) is 0 Å². The van der Waals surface area contributed by atoms with Crippen molar-refractivity contribution in [2.45, 2.75) is 44.6 Å². The molecule has 3 rings (SSSR count). The van der Waals surface area contributed by atoms with Gasteiger partial charge in [0, 0.05) is 5.41 Å². The summed E-state index contributed by atoms with van der Waals surface area (Å²) < 4.78 is 16.7. The summed E-state index contributed by atoms with van der Waals surface area (Å²) in [6.07, 6.45) is 3.62. The van der Waals surface area contributed by atoms with E-state index in [1.165, 1.54) is 11.6 Å². The third-order valence-corrected chi connectivity index (χ3v) is 5.58. The number of methoxy groups -OCH3 is 1. The Morgan fingerprint density at radius 2 is 1.84 bits per heavy atom. The van der Waals surface area contributed by atoms with Crippen LogP contribution in [0.5, 0.6) is 11.5 Å². The van der Waals surface area contributed by atoms with Crippen LogP contribution >= 0.6 is 0 Å². The Morgan fingerprint density at radius 3 is 2.42 bits per heavy atom. The molecule has 1 aliphatic rings. The Hall–Kier alpha value is -3.28. The molecule has 1 N–H and O–H groups in total. The Kier molecular flexibility index (Phi) is 7.00. The first-order chi connectivity index (χ1) is 14.9. The van der Waals surface area contributed by atoms with E-state index in [2.05, 4.69) is 12.1 Å². The van der Waals surface area contributed by atoms with E-state index in [1.54, 1.807) is 32.2 Å². The summed E-state index contributed by atoms with van der Waals surface area (Å²) in [5.74, 6) is -1.16. The smallest absolute Gasteiger partial charge is 0.345 e. The molecule has 0 spiro atoms. The van der Waals surface area contributed by atoms with Gasteiger partial charge in [0.25, 0.3) is 0 Å². The van der Waals surface area contributed by atoms with Crippen molar-refractivity contribution in [3.8, 4) is 11.5 Å². The fourth-order valence-corrected chi connectivity index (χ4v) is 3.27. The van der Waals surface area contributed by atoms with Crippen LogP contribution in [0.3, 0.4) is 0 Å². The molecule has 1 aliphatic carbocycles. The fraction of sp³-hybridized carbons (Fsp3) is 0.360. The summed E-state index contributed by atoms with van der Waals surface area (Å²) in [4.78, 5) is 23.9. The van der Waals surface area contributed by atoms with Gasteiger partial charge in [0.1, 0.15) is 5.57 Å². The number of rotatable bonds is 10. The third kappa shape index (κ3) is 5.45. The van der Waals surface area contributed by atoms with Gasteiger partial charge in [0.2, 0.25) is 0 Å². The van der Waals surface area contributed by atoms with E-state index >= 15 is 0 Å². The molecule has 0 heterocycles. The lowest BCUT2D eigenvalue weighted by molar-refractivity contribution is -0.147. The molecule has 164 valence electrons. The number of esters is 1. The maximum Gasteiger partial charge on any atom is 0.345 e. The van der Waals surface area contributed by atoms with Crippen molar-refractivity contribution < 1.29 is 28.9 Å². The molecule has 1 atom stereocenters. The van der Waals surface area contributed by atoms with Gasteiger partial charge in [-0.15, -0.1) is 0 Å². The molecule has 0 bridgehead atoms. The molecule has 0 amide bonds. The second kappa shape index (κ2) is 9.69. The highest BCUT2D eigenvalue weighted by atomic mass is 16.5. The molecule has 0 saturated heterocycles. The number of hydrogen-bond donors (Lipinski definition) is 1. The molecule has 0 aliphatic heterocycles. The van der Waals surface area contributed by atoms with Gasteiger partial charge < -0.3 is 19.3 Å². The van der Waals surface area contributed by atoms with Crippen molar-refractivity contribution in [1.82, 2.24) is 0 Å². The lowest BCUT2D eigenvalue weighted by atomic mass is 9.97. The van der Waals surface area contributed by atoms with Gasteiger partial charge in [0.05, 0.1) is 19.8 Å². The number of carboxylic acids is 1. The molecule has 6 nitrogen and oxygen atoms in total. The largest absolute Gasteiger partial charge is 0.493 e. The zero-order valence-electron chi connectivity index (χ0n) is 18.1. The standard InChI is InChI=1S/C25H28O6/c1-4-17(2)31-24(28)20(23(26)27)14-18-10-11-21(29-3)22(15-18)30-16-25(12-13-25)19-8-6-5-7-9-19/h5-11,14-15,17H,4,12-13,16H2,1-3H3,(H,26,27). The van der Waals surface area contributed by atoms with Gasteiger partial charge >= 0.3 is 11.9 Å². The number of aliphatic carboxylic acids is 1. The first kappa shape index (κ1) is 22.4. The molecule has 1 fully saturated rings. The lowest BCUT2D eigenvalue weighted by Gasteiger charge is -2.18. The summed E-state index contributed by atoms with van der Waals surface area (Å²) in [5, 5.41) is 9.48. The predicted molar refractivity (Wildman–Crippen MR) is 117 cm³/mol. The number of carbonyl (C=O) groups is 2. The van der Waals surface area contributed by atoms with Crippen molar-refractivity contribution in [2.75, 3.05) is 13.7 Å². The minimum absolute atomic E-state index is 0.00949. The van der Waals surface area contributed by atoms with E-state index in [1.807, 2.05) is 25.1 Å². The monoisotopic (exact) mass is 424 g/mol. The van der Waals surface area contributed by atoms with E-state index in [4.69, 9.17) is 14.2 Å². The van der Waals surface area contributed by atoms with Crippen LogP contribution in [0.25, 0.3) is 6.08 Å². The summed E-state index contributed by atoms with van der Waals surface area (Å²) in [7, 11) is 1.55. The summed E-state index contributed by atoms with van der Waals surface area (Å²) in [6.45, 7) is 4.07. The summed E-state index contributed by atoms with van der Waals surface area (Å²) >= 11 is 0. The van der Waals surface area contributed by atoms with Gasteiger partial charge in [-0.25, -0.2) is 9.59 Å². The fourth-order valence-electron chi connectivity index (χ4n) is 3.27. The minimum Gasteiger partial charge on any atom is -0.493 e. The van der Waals surface area contributed by atoms with Gasteiger partial charge in [0.15, 0.2) is 11.5 Å². The van der Waals surface area contributed by atoms with Crippen LogP contribution in [0.15, 0.2) is 54.1 Å². The molecule has 2 aromatic rings. The normalized spacial score (nSPS) is 15.6. The topological polar surface area (TPSA) is 82.1 Å². The Morgan fingerprint density at radius 1 is 1.13 bits per heavy atom. The SMILES string of the molecule is CCC(C)OC(=O)C(=Cc1ccc(OC)c(OCC2(c3ccccc3)CC2)c1)C(=O)O. The van der Waals surface area contributed by atoms with Crippen LogP contribution in [-0.4, -0.2) is 36.9 Å². The van der Waals surface area contributed by atoms with Gasteiger partial charge in [-0.1, -0.05) is 43.3 Å². The van der Waals surface area contributed by atoms with Gasteiger partial charge in [-0.05, 0) is 55.5 Å². The zero-order valence-corrected chi connectivity index (χ0v) is 18.1. The van der Waals surface area contributed by atoms with E-state index in [9.17, 15) is 14.7 Å². The average Bonchev–Trinajstić information content (AvgIpc) is 3.57. The highest BCUT2D eigenvalue weighted by Gasteiger charge is 2.45. The highest BCUT2D eigenvalue weighted by Crippen LogP contribution is 2.48. The maximum atomic E-state index is 12.3. The highest BCUT2D eigenvalue weighted by molar-refractivity contribution is 6.17. The number of ether oxygens (including phenoxy) is 3. The molecule has 1 unspecified atom stereocenters. The van der Waals surface area contributed by atoms with Crippen LogP contribution in [0.2, 0.25) is 0 Å². The van der Waals surface area contributed by atoms with Crippen LogP contribution < -0.4 is 9.47 Å². The average molecular weight is 424 g/mol. The van der Waals surface area contributed by atoms with Crippen molar-refractivity contribution in [3.63, 3.8) is 0 Å². The first-order valence-corrected chi connectivity index (χ1v) is 10.4. The molecule has 0 aromatic heterocycles. The number of benzene rings is 2. The molecule has 1 saturated carbocycles.